The first-order valence-electron chi connectivity index (χ1n) is 19.8. The number of para-hydroxylation sites is 1. The molecule has 272 valence electrons. The fraction of sp³-hybridized carbons (Fsp3) is 0.0182. The quantitative estimate of drug-likeness (QED) is 0.175. The van der Waals surface area contributed by atoms with Gasteiger partial charge in [-0.3, -0.25) is 0 Å². The lowest BCUT2D eigenvalue weighted by Crippen LogP contribution is -2.25. The summed E-state index contributed by atoms with van der Waals surface area (Å²) in [6.45, 7) is 0. The van der Waals surface area contributed by atoms with E-state index in [1.807, 2.05) is 6.07 Å². The zero-order valence-electron chi connectivity index (χ0n) is 31.5. The Bertz CT molecular complexity index is 3020. The molecule has 0 bridgehead atoms. The second-order valence-electron chi connectivity index (χ2n) is 15.2. The summed E-state index contributed by atoms with van der Waals surface area (Å²) < 4.78 is 13.9. The number of benzene rings is 9. The van der Waals surface area contributed by atoms with Gasteiger partial charge in [-0.2, -0.15) is 0 Å². The first kappa shape index (κ1) is 32.6. The molecule has 0 aromatic heterocycles. The van der Waals surface area contributed by atoms with Crippen LogP contribution in [0, 0.1) is 0 Å². The molecule has 9 aromatic rings. The summed E-state index contributed by atoms with van der Waals surface area (Å²) in [6.07, 6.45) is 0. The molecule has 58 heavy (non-hydrogen) atoms. The number of nitrogens with zero attached hydrogens (tertiary/aromatic N) is 1. The van der Waals surface area contributed by atoms with Crippen molar-refractivity contribution in [1.82, 2.24) is 0 Å². The highest BCUT2D eigenvalue weighted by atomic mass is 16.6. The van der Waals surface area contributed by atoms with Gasteiger partial charge in [0.25, 0.3) is 0 Å². The Morgan fingerprint density at radius 2 is 0.845 bits per heavy atom. The maximum atomic E-state index is 7.16. The van der Waals surface area contributed by atoms with Gasteiger partial charge in [0.2, 0.25) is 0 Å². The number of anilines is 3. The standard InChI is InChI=1S/C55H35NO2/c1-3-15-36(16-4-1)37-27-29-39(30-28-37)56(49-26-14-10-19-41(49)38-17-5-2-6-18-38)40-31-33-50-52(35-40)58-54-51(57-50)34-32-48-53(54)44-22-9-13-25-47(44)55(48)45-23-11-7-20-42(45)43-21-8-12-24-46(43)55/h1-35H. The van der Waals surface area contributed by atoms with E-state index in [0.717, 1.165) is 39.5 Å². The highest BCUT2D eigenvalue weighted by Gasteiger charge is 2.53. The maximum absolute atomic E-state index is 7.16. The normalized spacial score (nSPS) is 13.2. The van der Waals surface area contributed by atoms with Crippen LogP contribution in [0.1, 0.15) is 22.3 Å². The molecule has 12 rings (SSSR count). The molecule has 2 aliphatic carbocycles. The summed E-state index contributed by atoms with van der Waals surface area (Å²) in [7, 11) is 0. The van der Waals surface area contributed by atoms with Crippen LogP contribution in [-0.2, 0) is 5.41 Å². The second-order valence-corrected chi connectivity index (χ2v) is 15.2. The van der Waals surface area contributed by atoms with E-state index in [2.05, 4.69) is 211 Å². The Morgan fingerprint density at radius 3 is 1.53 bits per heavy atom. The van der Waals surface area contributed by atoms with Crippen molar-refractivity contribution < 1.29 is 9.47 Å². The number of hydrogen-bond acceptors (Lipinski definition) is 3. The predicted octanol–water partition coefficient (Wildman–Crippen LogP) is 14.7. The van der Waals surface area contributed by atoms with Crippen LogP contribution < -0.4 is 14.4 Å². The molecule has 1 spiro atoms. The average molecular weight is 742 g/mol. The van der Waals surface area contributed by atoms with Crippen LogP contribution >= 0.6 is 0 Å². The van der Waals surface area contributed by atoms with E-state index < -0.39 is 5.41 Å². The van der Waals surface area contributed by atoms with Gasteiger partial charge < -0.3 is 14.4 Å². The lowest BCUT2D eigenvalue weighted by molar-refractivity contribution is 0.360. The maximum Gasteiger partial charge on any atom is 0.178 e. The molecule has 3 heteroatoms. The summed E-state index contributed by atoms with van der Waals surface area (Å²) >= 11 is 0. The van der Waals surface area contributed by atoms with Crippen LogP contribution in [0.4, 0.5) is 17.1 Å². The molecule has 0 fully saturated rings. The Hall–Kier alpha value is -7.62. The Labute approximate surface area is 337 Å². The summed E-state index contributed by atoms with van der Waals surface area (Å²) in [5.41, 5.74) is 17.1. The Balaban J connectivity index is 1.02. The minimum absolute atomic E-state index is 0.469. The highest BCUT2D eigenvalue weighted by molar-refractivity contribution is 5.98. The van der Waals surface area contributed by atoms with Crippen LogP contribution in [0.15, 0.2) is 212 Å². The van der Waals surface area contributed by atoms with Gasteiger partial charge in [0.05, 0.1) is 16.8 Å². The van der Waals surface area contributed by atoms with Crippen LogP contribution in [-0.4, -0.2) is 0 Å². The first-order chi connectivity index (χ1) is 28.8. The van der Waals surface area contributed by atoms with Crippen molar-refractivity contribution in [3.8, 4) is 67.5 Å². The summed E-state index contributed by atoms with van der Waals surface area (Å²) in [4.78, 5) is 2.32. The smallest absolute Gasteiger partial charge is 0.178 e. The molecule has 0 saturated carbocycles. The minimum atomic E-state index is -0.469. The topological polar surface area (TPSA) is 21.7 Å². The molecule has 0 saturated heterocycles. The third-order valence-electron chi connectivity index (χ3n) is 12.2. The molecule has 0 amide bonds. The number of ether oxygens (including phenoxy) is 2. The van der Waals surface area contributed by atoms with E-state index in [1.165, 1.54) is 50.1 Å². The summed E-state index contributed by atoms with van der Waals surface area (Å²) in [6, 6.07) is 75.7. The highest BCUT2D eigenvalue weighted by Crippen LogP contribution is 2.66. The van der Waals surface area contributed by atoms with Crippen LogP contribution in [0.2, 0.25) is 0 Å². The third-order valence-corrected chi connectivity index (χ3v) is 12.2. The van der Waals surface area contributed by atoms with Crippen molar-refractivity contribution in [2.45, 2.75) is 5.41 Å². The molecule has 0 atom stereocenters. The SMILES string of the molecule is c1ccc(-c2ccc(N(c3ccc4c(c3)Oc3c(ccc5c3-c3ccccc3C53c5ccccc5-c5ccccc53)O4)c3ccccc3-c3ccccc3)cc2)cc1. The summed E-state index contributed by atoms with van der Waals surface area (Å²) in [5, 5.41) is 0. The van der Waals surface area contributed by atoms with E-state index in [1.54, 1.807) is 0 Å². The molecule has 0 N–H and O–H groups in total. The second kappa shape index (κ2) is 12.7. The van der Waals surface area contributed by atoms with Gasteiger partial charge in [0, 0.05) is 22.9 Å². The van der Waals surface area contributed by atoms with Gasteiger partial charge in [0.15, 0.2) is 23.0 Å². The van der Waals surface area contributed by atoms with Gasteiger partial charge >= 0.3 is 0 Å². The fourth-order valence-corrected chi connectivity index (χ4v) is 9.73. The van der Waals surface area contributed by atoms with Crippen molar-refractivity contribution in [2.75, 3.05) is 4.90 Å². The monoisotopic (exact) mass is 741 g/mol. The number of hydrogen-bond donors (Lipinski definition) is 0. The van der Waals surface area contributed by atoms with E-state index >= 15 is 0 Å². The molecule has 1 aliphatic heterocycles. The molecular formula is C55H35NO2. The van der Waals surface area contributed by atoms with Gasteiger partial charge in [-0.25, -0.2) is 0 Å². The molecule has 0 unspecified atom stereocenters. The predicted molar refractivity (Wildman–Crippen MR) is 235 cm³/mol. The van der Waals surface area contributed by atoms with Crippen LogP contribution in [0.3, 0.4) is 0 Å². The van der Waals surface area contributed by atoms with E-state index in [4.69, 9.17) is 9.47 Å². The van der Waals surface area contributed by atoms with Gasteiger partial charge in [0.1, 0.15) is 0 Å². The lowest BCUT2D eigenvalue weighted by atomic mass is 9.70. The zero-order valence-corrected chi connectivity index (χ0v) is 31.5. The van der Waals surface area contributed by atoms with Crippen molar-refractivity contribution in [3.05, 3.63) is 235 Å². The largest absolute Gasteiger partial charge is 0.449 e. The number of fused-ring (bicyclic) bond motifs is 13. The fourth-order valence-electron chi connectivity index (χ4n) is 9.73. The van der Waals surface area contributed by atoms with Crippen LogP contribution in [0.25, 0.3) is 44.5 Å². The number of rotatable bonds is 5. The van der Waals surface area contributed by atoms with Gasteiger partial charge in [-0.1, -0.05) is 170 Å². The first-order valence-corrected chi connectivity index (χ1v) is 19.8. The van der Waals surface area contributed by atoms with Gasteiger partial charge in [-0.05, 0) is 92.0 Å². The van der Waals surface area contributed by atoms with Gasteiger partial charge in [-0.15, -0.1) is 0 Å². The molecule has 1 heterocycles. The average Bonchev–Trinajstić information content (AvgIpc) is 3.77. The molecule has 0 radical (unpaired) electrons. The molecule has 3 aliphatic rings. The van der Waals surface area contributed by atoms with E-state index in [0.29, 0.717) is 17.2 Å². The molecule has 3 nitrogen and oxygen atoms in total. The summed E-state index contributed by atoms with van der Waals surface area (Å²) in [5.74, 6) is 2.82. The lowest BCUT2D eigenvalue weighted by Gasteiger charge is -2.31. The molecular weight excluding hydrogens is 707 g/mol. The Kier molecular flexibility index (Phi) is 7.14. The van der Waals surface area contributed by atoms with E-state index in [9.17, 15) is 0 Å². The van der Waals surface area contributed by atoms with Crippen LogP contribution in [0.5, 0.6) is 23.0 Å². The van der Waals surface area contributed by atoms with E-state index in [-0.39, 0.29) is 0 Å². The Morgan fingerprint density at radius 1 is 0.328 bits per heavy atom. The molecule has 9 aromatic carbocycles. The minimum Gasteiger partial charge on any atom is -0.449 e. The third kappa shape index (κ3) is 4.68. The van der Waals surface area contributed by atoms with Crippen molar-refractivity contribution in [2.24, 2.45) is 0 Å². The zero-order chi connectivity index (χ0) is 38.2. The van der Waals surface area contributed by atoms with Crippen molar-refractivity contribution >= 4 is 17.1 Å². The van der Waals surface area contributed by atoms with Crippen molar-refractivity contribution in [1.29, 1.82) is 0 Å². The van der Waals surface area contributed by atoms with Crippen molar-refractivity contribution in [3.63, 3.8) is 0 Å².